The molecule has 0 saturated carbocycles. The quantitative estimate of drug-likeness (QED) is 0.844. The van der Waals surface area contributed by atoms with E-state index in [1.807, 2.05) is 13.8 Å². The van der Waals surface area contributed by atoms with Crippen molar-refractivity contribution in [1.29, 1.82) is 5.26 Å². The average Bonchev–Trinajstić information content (AvgIpc) is 2.35. The molecule has 0 saturated heterocycles. The minimum absolute atomic E-state index is 0.144. The first-order valence-corrected chi connectivity index (χ1v) is 7.92. The lowest BCUT2D eigenvalue weighted by Gasteiger charge is -2.17. The molecule has 1 aromatic rings. The van der Waals surface area contributed by atoms with Crippen LogP contribution in [-0.4, -0.2) is 21.0 Å². The highest BCUT2D eigenvalue weighted by atomic mass is 32.2. The van der Waals surface area contributed by atoms with Crippen LogP contribution in [0, 0.1) is 16.7 Å². The van der Waals surface area contributed by atoms with E-state index in [2.05, 4.69) is 16.1 Å². The van der Waals surface area contributed by atoms with Crippen LogP contribution in [0.15, 0.2) is 29.2 Å². The van der Waals surface area contributed by atoms with Crippen molar-refractivity contribution in [2.75, 3.05) is 11.9 Å². The summed E-state index contributed by atoms with van der Waals surface area (Å²) in [4.78, 5) is 0.233. The minimum atomic E-state index is -3.45. The average molecular weight is 295 g/mol. The molecule has 0 amide bonds. The van der Waals surface area contributed by atoms with Gasteiger partial charge < -0.3 is 5.32 Å². The third kappa shape index (κ3) is 4.83. The van der Waals surface area contributed by atoms with Gasteiger partial charge in [-0.1, -0.05) is 0 Å². The van der Waals surface area contributed by atoms with Crippen LogP contribution in [-0.2, 0) is 10.0 Å². The van der Waals surface area contributed by atoms with Crippen LogP contribution >= 0.6 is 0 Å². The van der Waals surface area contributed by atoms with E-state index in [1.165, 1.54) is 0 Å². The molecular formula is C14H21N3O2S. The van der Waals surface area contributed by atoms with Crippen molar-refractivity contribution in [3.63, 3.8) is 0 Å². The SMILES string of the molecule is CC(C)NS(=O)(=O)c1ccc(NCC(C)(C)C#N)cc1. The molecule has 6 heteroatoms. The Kier molecular flexibility index (Phi) is 5.15. The van der Waals surface area contributed by atoms with Crippen LogP contribution in [0.4, 0.5) is 5.69 Å². The predicted molar refractivity (Wildman–Crippen MR) is 79.8 cm³/mol. The van der Waals surface area contributed by atoms with Gasteiger partial charge >= 0.3 is 0 Å². The second-order valence-corrected chi connectivity index (χ2v) is 7.36. The first kappa shape index (κ1) is 16.5. The van der Waals surface area contributed by atoms with Gasteiger partial charge in [-0.15, -0.1) is 0 Å². The van der Waals surface area contributed by atoms with Gasteiger partial charge in [0.25, 0.3) is 0 Å². The lowest BCUT2D eigenvalue weighted by atomic mass is 9.96. The Balaban J connectivity index is 2.78. The third-order valence-electron chi connectivity index (χ3n) is 2.59. The number of nitriles is 1. The van der Waals surface area contributed by atoms with Gasteiger partial charge in [0, 0.05) is 18.3 Å². The van der Waals surface area contributed by atoms with Crippen molar-refractivity contribution in [2.45, 2.75) is 38.6 Å². The number of benzene rings is 1. The lowest BCUT2D eigenvalue weighted by Crippen LogP contribution is -2.30. The fraction of sp³-hybridized carbons (Fsp3) is 0.500. The number of anilines is 1. The molecule has 20 heavy (non-hydrogen) atoms. The summed E-state index contributed by atoms with van der Waals surface area (Å²) >= 11 is 0. The predicted octanol–water partition coefficient (Wildman–Crippen LogP) is 2.33. The van der Waals surface area contributed by atoms with Crippen molar-refractivity contribution >= 4 is 15.7 Å². The van der Waals surface area contributed by atoms with Crippen LogP contribution < -0.4 is 10.0 Å². The fourth-order valence-corrected chi connectivity index (χ4v) is 2.74. The van der Waals surface area contributed by atoms with Gasteiger partial charge in [-0.25, -0.2) is 13.1 Å². The Morgan fingerprint density at radius 1 is 1.25 bits per heavy atom. The van der Waals surface area contributed by atoms with E-state index in [0.29, 0.717) is 6.54 Å². The highest BCUT2D eigenvalue weighted by molar-refractivity contribution is 7.89. The second-order valence-electron chi connectivity index (χ2n) is 5.65. The standard InChI is InChI=1S/C14H21N3O2S/c1-11(2)17-20(18,19)13-7-5-12(6-8-13)16-10-14(3,4)9-15/h5-8,11,16-17H,10H2,1-4H3. The Morgan fingerprint density at radius 2 is 1.80 bits per heavy atom. The van der Waals surface area contributed by atoms with E-state index < -0.39 is 15.4 Å². The zero-order valence-electron chi connectivity index (χ0n) is 12.3. The van der Waals surface area contributed by atoms with E-state index >= 15 is 0 Å². The number of nitrogens with one attached hydrogen (secondary N) is 2. The normalized spacial score (nSPS) is 12.2. The summed E-state index contributed by atoms with van der Waals surface area (Å²) in [6.07, 6.45) is 0. The third-order valence-corrected chi connectivity index (χ3v) is 4.27. The van der Waals surface area contributed by atoms with Crippen LogP contribution in [0.3, 0.4) is 0 Å². The van der Waals surface area contributed by atoms with E-state index in [-0.39, 0.29) is 10.9 Å². The van der Waals surface area contributed by atoms with E-state index in [9.17, 15) is 8.42 Å². The van der Waals surface area contributed by atoms with Crippen molar-refractivity contribution in [3.05, 3.63) is 24.3 Å². The molecule has 0 heterocycles. The zero-order valence-corrected chi connectivity index (χ0v) is 13.1. The first-order chi connectivity index (χ1) is 9.16. The summed E-state index contributed by atoms with van der Waals surface area (Å²) < 4.78 is 26.4. The molecule has 0 atom stereocenters. The maximum atomic E-state index is 11.9. The Hall–Kier alpha value is -1.58. The van der Waals surface area contributed by atoms with Crippen molar-refractivity contribution in [2.24, 2.45) is 5.41 Å². The number of nitrogens with zero attached hydrogens (tertiary/aromatic N) is 1. The first-order valence-electron chi connectivity index (χ1n) is 6.44. The molecule has 0 bridgehead atoms. The molecule has 1 aromatic carbocycles. The van der Waals surface area contributed by atoms with Gasteiger partial charge in [-0.2, -0.15) is 5.26 Å². The topological polar surface area (TPSA) is 82.0 Å². The molecular weight excluding hydrogens is 274 g/mol. The molecule has 5 nitrogen and oxygen atoms in total. The van der Waals surface area contributed by atoms with Gasteiger partial charge in [-0.05, 0) is 52.0 Å². The summed E-state index contributed by atoms with van der Waals surface area (Å²) in [5.41, 5.74) is 0.320. The fourth-order valence-electron chi connectivity index (χ4n) is 1.49. The molecule has 0 spiro atoms. The molecule has 0 aromatic heterocycles. The molecule has 0 fully saturated rings. The molecule has 0 radical (unpaired) electrons. The van der Waals surface area contributed by atoms with Crippen molar-refractivity contribution in [1.82, 2.24) is 4.72 Å². The number of hydrogen-bond donors (Lipinski definition) is 2. The lowest BCUT2D eigenvalue weighted by molar-refractivity contribution is 0.529. The van der Waals surface area contributed by atoms with Crippen LogP contribution in [0.1, 0.15) is 27.7 Å². The van der Waals surface area contributed by atoms with Gasteiger partial charge in [0.15, 0.2) is 0 Å². The van der Waals surface area contributed by atoms with Gasteiger partial charge in [0.05, 0.1) is 16.4 Å². The molecule has 0 aliphatic rings. The summed E-state index contributed by atoms with van der Waals surface area (Å²) in [5.74, 6) is 0. The highest BCUT2D eigenvalue weighted by Gasteiger charge is 2.17. The zero-order chi connectivity index (χ0) is 15.4. The Morgan fingerprint density at radius 3 is 2.25 bits per heavy atom. The van der Waals surface area contributed by atoms with Gasteiger partial charge in [0.1, 0.15) is 0 Å². The molecule has 0 aliphatic heterocycles. The largest absolute Gasteiger partial charge is 0.383 e. The van der Waals surface area contributed by atoms with Crippen molar-refractivity contribution < 1.29 is 8.42 Å². The molecule has 0 aliphatic carbocycles. The molecule has 0 unspecified atom stereocenters. The highest BCUT2D eigenvalue weighted by Crippen LogP contribution is 2.18. The van der Waals surface area contributed by atoms with Crippen LogP contribution in [0.5, 0.6) is 0 Å². The number of rotatable bonds is 6. The minimum Gasteiger partial charge on any atom is -0.383 e. The van der Waals surface area contributed by atoms with Gasteiger partial charge in [-0.3, -0.25) is 0 Å². The van der Waals surface area contributed by atoms with E-state index in [1.54, 1.807) is 38.1 Å². The second kappa shape index (κ2) is 6.25. The molecule has 2 N–H and O–H groups in total. The Labute approximate surface area is 121 Å². The van der Waals surface area contributed by atoms with E-state index in [0.717, 1.165) is 5.69 Å². The summed E-state index contributed by atoms with van der Waals surface area (Å²) in [6.45, 7) is 7.73. The van der Waals surface area contributed by atoms with Crippen LogP contribution in [0.25, 0.3) is 0 Å². The monoisotopic (exact) mass is 295 g/mol. The Bertz CT molecular complexity index is 584. The van der Waals surface area contributed by atoms with E-state index in [4.69, 9.17) is 5.26 Å². The maximum Gasteiger partial charge on any atom is 0.240 e. The number of sulfonamides is 1. The number of hydrogen-bond acceptors (Lipinski definition) is 4. The maximum absolute atomic E-state index is 11.9. The summed E-state index contributed by atoms with van der Waals surface area (Å²) in [5, 5.41) is 12.0. The molecule has 1 rings (SSSR count). The summed E-state index contributed by atoms with van der Waals surface area (Å²) in [7, 11) is -3.45. The van der Waals surface area contributed by atoms with Crippen molar-refractivity contribution in [3.8, 4) is 6.07 Å². The molecule has 110 valence electrons. The smallest absolute Gasteiger partial charge is 0.240 e. The summed E-state index contributed by atoms with van der Waals surface area (Å²) in [6, 6.07) is 8.55. The van der Waals surface area contributed by atoms with Gasteiger partial charge in [0.2, 0.25) is 10.0 Å². The van der Waals surface area contributed by atoms with Crippen LogP contribution in [0.2, 0.25) is 0 Å².